The van der Waals surface area contributed by atoms with Gasteiger partial charge in [0.1, 0.15) is 29.5 Å². The number of likely N-dealkylation sites (tertiary alicyclic amines) is 1. The first-order chi connectivity index (χ1) is 15.1. The van der Waals surface area contributed by atoms with Crippen LogP contribution in [0.25, 0.3) is 0 Å². The highest BCUT2D eigenvalue weighted by Crippen LogP contribution is 2.28. The summed E-state index contributed by atoms with van der Waals surface area (Å²) in [4.78, 5) is 21.3. The Hall–Kier alpha value is -3.68. The number of nitrogens with zero attached hydrogens (tertiary/aromatic N) is 3. The normalized spacial score (nSPS) is 18.6. The third-order valence-corrected chi connectivity index (χ3v) is 5.49. The largest absolute Gasteiger partial charge is 0.462 e. The monoisotopic (exact) mass is 418 g/mol. The first-order valence-electron chi connectivity index (χ1n) is 10.4. The van der Waals surface area contributed by atoms with E-state index in [1.165, 1.54) is 6.33 Å². The second-order valence-electron chi connectivity index (χ2n) is 7.68. The van der Waals surface area contributed by atoms with E-state index in [2.05, 4.69) is 15.3 Å². The van der Waals surface area contributed by atoms with E-state index in [-0.39, 0.29) is 11.9 Å². The smallest absolute Gasteiger partial charge is 0.209 e. The van der Waals surface area contributed by atoms with Gasteiger partial charge in [-0.2, -0.15) is 0 Å². The van der Waals surface area contributed by atoms with Crippen LogP contribution in [0.2, 0.25) is 0 Å². The Morgan fingerprint density at radius 1 is 1.23 bits per heavy atom. The Morgan fingerprint density at radius 2 is 2.06 bits per heavy atom. The fourth-order valence-electron chi connectivity index (χ4n) is 3.88. The van der Waals surface area contributed by atoms with E-state index < -0.39 is 0 Å². The third kappa shape index (κ3) is 4.91. The van der Waals surface area contributed by atoms with Crippen LogP contribution in [0.5, 0.6) is 5.75 Å². The highest BCUT2D eigenvalue weighted by Gasteiger charge is 2.24. The molecule has 1 atom stereocenters. The van der Waals surface area contributed by atoms with Crippen molar-refractivity contribution < 1.29 is 9.53 Å². The van der Waals surface area contributed by atoms with Crippen LogP contribution in [0.15, 0.2) is 60.1 Å². The van der Waals surface area contributed by atoms with Crippen molar-refractivity contribution in [2.75, 3.05) is 24.1 Å². The molecule has 0 spiro atoms. The van der Waals surface area contributed by atoms with Gasteiger partial charge in [0.15, 0.2) is 0 Å². The number of para-hydroxylation sites is 1. The number of piperidine rings is 1. The average Bonchev–Trinajstić information content (AvgIpc) is 2.80. The number of nitrogen functional groups attached to an aromatic ring is 1. The molecule has 0 radical (unpaired) electrons. The molecule has 8 heteroatoms. The van der Waals surface area contributed by atoms with Crippen molar-refractivity contribution in [1.29, 1.82) is 5.41 Å². The van der Waals surface area contributed by atoms with Gasteiger partial charge in [0.25, 0.3) is 0 Å². The Labute approximate surface area is 181 Å². The molecule has 160 valence electrons. The van der Waals surface area contributed by atoms with Gasteiger partial charge in [0.05, 0.1) is 11.3 Å². The third-order valence-electron chi connectivity index (χ3n) is 5.49. The summed E-state index contributed by atoms with van der Waals surface area (Å²) in [6, 6.07) is 9.71. The van der Waals surface area contributed by atoms with Crippen molar-refractivity contribution in [1.82, 2.24) is 14.9 Å². The summed E-state index contributed by atoms with van der Waals surface area (Å²) in [6.07, 6.45) is 9.27. The van der Waals surface area contributed by atoms with Crippen LogP contribution < -0.4 is 15.8 Å². The SMILES string of the molecule is N=C(C1=CC=C(Oc2ccccc2)CC1)c1c(N)ncnc1NC1CCCN(C=O)C1. The minimum atomic E-state index is 0.0610. The van der Waals surface area contributed by atoms with Crippen molar-refractivity contribution in [3.8, 4) is 5.75 Å². The van der Waals surface area contributed by atoms with Crippen LogP contribution in [0, 0.1) is 5.41 Å². The maximum Gasteiger partial charge on any atom is 0.209 e. The van der Waals surface area contributed by atoms with E-state index in [1.807, 2.05) is 42.5 Å². The van der Waals surface area contributed by atoms with Gasteiger partial charge in [0, 0.05) is 25.6 Å². The van der Waals surface area contributed by atoms with Gasteiger partial charge in [-0.3, -0.25) is 10.2 Å². The predicted octanol–water partition coefficient (Wildman–Crippen LogP) is 3.14. The quantitative estimate of drug-likeness (QED) is 0.470. The number of amides is 1. The molecule has 4 rings (SSSR count). The average molecular weight is 419 g/mol. The summed E-state index contributed by atoms with van der Waals surface area (Å²) < 4.78 is 5.91. The Bertz CT molecular complexity index is 1020. The highest BCUT2D eigenvalue weighted by molar-refractivity contribution is 6.16. The predicted molar refractivity (Wildman–Crippen MR) is 120 cm³/mol. The highest BCUT2D eigenvalue weighted by atomic mass is 16.5. The van der Waals surface area contributed by atoms with Gasteiger partial charge in [-0.15, -0.1) is 0 Å². The molecule has 2 heterocycles. The van der Waals surface area contributed by atoms with Crippen LogP contribution in [0.4, 0.5) is 11.6 Å². The fraction of sp³-hybridized carbons (Fsp3) is 0.304. The molecular formula is C23H26N6O2. The Kier molecular flexibility index (Phi) is 6.26. The lowest BCUT2D eigenvalue weighted by molar-refractivity contribution is -0.119. The molecule has 2 aliphatic rings. The lowest BCUT2D eigenvalue weighted by Gasteiger charge is -2.31. The van der Waals surface area contributed by atoms with Gasteiger partial charge in [-0.25, -0.2) is 9.97 Å². The van der Waals surface area contributed by atoms with Crippen molar-refractivity contribution in [2.45, 2.75) is 31.7 Å². The number of ether oxygens (including phenoxy) is 1. The molecule has 1 fully saturated rings. The lowest BCUT2D eigenvalue weighted by Crippen LogP contribution is -2.41. The summed E-state index contributed by atoms with van der Waals surface area (Å²) in [6.45, 7) is 1.37. The van der Waals surface area contributed by atoms with E-state index in [4.69, 9.17) is 15.9 Å². The van der Waals surface area contributed by atoms with Gasteiger partial charge in [-0.05, 0) is 43.0 Å². The molecule has 0 bridgehead atoms. The number of hydrogen-bond donors (Lipinski definition) is 3. The van der Waals surface area contributed by atoms with E-state index in [0.717, 1.165) is 42.9 Å². The van der Waals surface area contributed by atoms with E-state index >= 15 is 0 Å². The molecule has 1 amide bonds. The molecule has 1 aliphatic heterocycles. The summed E-state index contributed by atoms with van der Waals surface area (Å²) in [5, 5.41) is 12.2. The van der Waals surface area contributed by atoms with Gasteiger partial charge in [-0.1, -0.05) is 24.3 Å². The number of allylic oxidation sites excluding steroid dienone is 4. The summed E-state index contributed by atoms with van der Waals surface area (Å²) in [7, 11) is 0. The summed E-state index contributed by atoms with van der Waals surface area (Å²) in [5.41, 5.74) is 7.80. The molecular weight excluding hydrogens is 392 g/mol. The molecule has 2 aromatic rings. The van der Waals surface area contributed by atoms with Crippen molar-refractivity contribution in [3.05, 3.63) is 65.7 Å². The molecule has 1 saturated heterocycles. The number of carbonyl (C=O) groups excluding carboxylic acids is 1. The van der Waals surface area contributed by atoms with E-state index in [9.17, 15) is 4.79 Å². The number of carbonyl (C=O) groups is 1. The number of anilines is 2. The topological polar surface area (TPSA) is 117 Å². The number of aromatic nitrogens is 2. The molecule has 31 heavy (non-hydrogen) atoms. The first kappa shape index (κ1) is 20.6. The van der Waals surface area contributed by atoms with E-state index in [0.29, 0.717) is 36.5 Å². The van der Waals surface area contributed by atoms with E-state index in [1.54, 1.807) is 4.90 Å². The van der Waals surface area contributed by atoms with Gasteiger partial charge >= 0.3 is 0 Å². The first-order valence-corrected chi connectivity index (χ1v) is 10.4. The maximum absolute atomic E-state index is 11.1. The fourth-order valence-corrected chi connectivity index (χ4v) is 3.88. The number of nitrogens with two attached hydrogens (primary N) is 1. The number of rotatable bonds is 7. The molecule has 1 aromatic heterocycles. The van der Waals surface area contributed by atoms with Crippen molar-refractivity contribution in [3.63, 3.8) is 0 Å². The molecule has 1 aliphatic carbocycles. The molecule has 0 saturated carbocycles. The molecule has 4 N–H and O–H groups in total. The van der Waals surface area contributed by atoms with Gasteiger partial charge in [0.2, 0.25) is 6.41 Å². The van der Waals surface area contributed by atoms with Crippen LogP contribution in [0.3, 0.4) is 0 Å². The summed E-state index contributed by atoms with van der Waals surface area (Å²) in [5.74, 6) is 2.45. The molecule has 1 aromatic carbocycles. The summed E-state index contributed by atoms with van der Waals surface area (Å²) >= 11 is 0. The second-order valence-corrected chi connectivity index (χ2v) is 7.68. The van der Waals surface area contributed by atoms with Crippen LogP contribution in [0.1, 0.15) is 31.2 Å². The molecule has 1 unspecified atom stereocenters. The van der Waals surface area contributed by atoms with Gasteiger partial charge < -0.3 is 20.7 Å². The van der Waals surface area contributed by atoms with Crippen LogP contribution >= 0.6 is 0 Å². The maximum atomic E-state index is 11.1. The lowest BCUT2D eigenvalue weighted by atomic mass is 9.94. The standard InChI is InChI=1S/C23H26N6O2/c24-21(16-8-10-19(11-9-16)31-18-6-2-1-3-7-18)20-22(25)26-14-27-23(20)28-17-5-4-12-29(13-17)15-30/h1-3,6-8,10,14-15,17,24H,4-5,9,11-13H2,(H3,25,26,27,28). The number of nitrogens with one attached hydrogen (secondary N) is 2. The minimum Gasteiger partial charge on any atom is -0.462 e. The number of hydrogen-bond acceptors (Lipinski definition) is 7. The Morgan fingerprint density at radius 3 is 2.81 bits per heavy atom. The van der Waals surface area contributed by atoms with Crippen molar-refractivity contribution in [2.24, 2.45) is 0 Å². The minimum absolute atomic E-state index is 0.0610. The zero-order valence-corrected chi connectivity index (χ0v) is 17.3. The van der Waals surface area contributed by atoms with Crippen molar-refractivity contribution >= 4 is 23.8 Å². The van der Waals surface area contributed by atoms with Crippen LogP contribution in [-0.4, -0.2) is 46.1 Å². The zero-order chi connectivity index (χ0) is 21.6. The second kappa shape index (κ2) is 9.42. The molecule has 8 nitrogen and oxygen atoms in total. The number of benzene rings is 1. The van der Waals surface area contributed by atoms with Crippen LogP contribution in [-0.2, 0) is 4.79 Å². The zero-order valence-electron chi connectivity index (χ0n) is 17.3. The Balaban J connectivity index is 1.51.